The van der Waals surface area contributed by atoms with Crippen molar-refractivity contribution in [2.24, 2.45) is 29.1 Å². The van der Waals surface area contributed by atoms with Crippen LogP contribution >= 0.6 is 8.25 Å². The highest BCUT2D eigenvalue weighted by Gasteiger charge is 2.53. The highest BCUT2D eigenvalue weighted by atomic mass is 31.1. The van der Waals surface area contributed by atoms with Crippen molar-refractivity contribution in [3.05, 3.63) is 0 Å². The summed E-state index contributed by atoms with van der Waals surface area (Å²) >= 11 is 0. The molecular formula is C14H28O3P+. The highest BCUT2D eigenvalue weighted by molar-refractivity contribution is 7.30. The zero-order chi connectivity index (χ0) is 13.9. The predicted molar refractivity (Wildman–Crippen MR) is 74.2 cm³/mol. The molecule has 2 aliphatic carbocycles. The van der Waals surface area contributed by atoms with Crippen LogP contribution in [0.15, 0.2) is 0 Å². The molecule has 18 heavy (non-hydrogen) atoms. The van der Waals surface area contributed by atoms with Crippen molar-refractivity contribution in [3.8, 4) is 0 Å². The summed E-state index contributed by atoms with van der Waals surface area (Å²) in [5, 5.41) is 0. The molecule has 4 atom stereocenters. The minimum absolute atomic E-state index is 0.609. The van der Waals surface area contributed by atoms with Crippen LogP contribution in [0.5, 0.6) is 0 Å². The molecule has 3 nitrogen and oxygen atoms in total. The molecule has 2 aliphatic rings. The molecule has 0 amide bonds. The van der Waals surface area contributed by atoms with Gasteiger partial charge in [0.25, 0.3) is 0 Å². The molecule has 0 aromatic carbocycles. The summed E-state index contributed by atoms with van der Waals surface area (Å²) in [5.74, 6) is 4.25. The average Bonchev–Trinajstić information content (AvgIpc) is 2.21. The van der Waals surface area contributed by atoms with Crippen LogP contribution in [0.2, 0.25) is 0 Å². The van der Waals surface area contributed by atoms with E-state index in [1.165, 1.54) is 19.3 Å². The van der Waals surface area contributed by atoms with Gasteiger partial charge in [0.2, 0.25) is 0 Å². The molecule has 106 valence electrons. The van der Waals surface area contributed by atoms with Gasteiger partial charge in [-0.2, -0.15) is 0 Å². The maximum atomic E-state index is 8.70. The van der Waals surface area contributed by atoms with Gasteiger partial charge >= 0.3 is 8.25 Å². The molecule has 2 rings (SSSR count). The van der Waals surface area contributed by atoms with Gasteiger partial charge in [0.1, 0.15) is 0 Å². The first-order valence-electron chi connectivity index (χ1n) is 7.15. The van der Waals surface area contributed by atoms with Crippen LogP contribution < -0.4 is 0 Å². The second-order valence-corrected chi connectivity index (χ2v) is 7.11. The van der Waals surface area contributed by atoms with Crippen molar-refractivity contribution in [1.82, 2.24) is 0 Å². The molecule has 4 heteroatoms. The van der Waals surface area contributed by atoms with Crippen LogP contribution in [0.3, 0.4) is 0 Å². The Morgan fingerprint density at radius 1 is 1.33 bits per heavy atom. The average molecular weight is 275 g/mol. The first-order valence-corrected chi connectivity index (χ1v) is 8.32. The Morgan fingerprint density at radius 2 is 1.89 bits per heavy atom. The highest BCUT2D eigenvalue weighted by Crippen LogP contribution is 2.62. The van der Waals surface area contributed by atoms with Gasteiger partial charge in [-0.05, 0) is 48.3 Å². The van der Waals surface area contributed by atoms with E-state index in [0.29, 0.717) is 5.41 Å². The van der Waals surface area contributed by atoms with E-state index in [2.05, 4.69) is 27.7 Å². The van der Waals surface area contributed by atoms with E-state index in [4.69, 9.17) is 14.4 Å². The molecular weight excluding hydrogens is 247 g/mol. The van der Waals surface area contributed by atoms with E-state index in [-0.39, 0.29) is 0 Å². The molecule has 0 spiro atoms. The third-order valence-electron chi connectivity index (χ3n) is 5.50. The molecule has 0 bridgehead atoms. The fourth-order valence-electron chi connectivity index (χ4n) is 3.75. The zero-order valence-electron chi connectivity index (χ0n) is 12.1. The van der Waals surface area contributed by atoms with E-state index >= 15 is 0 Å². The molecule has 0 aromatic heterocycles. The summed E-state index contributed by atoms with van der Waals surface area (Å²) in [5.41, 5.74) is 0.609. The van der Waals surface area contributed by atoms with E-state index < -0.39 is 8.25 Å². The van der Waals surface area contributed by atoms with Gasteiger partial charge in [-0.3, -0.25) is 0 Å². The lowest BCUT2D eigenvalue weighted by Crippen LogP contribution is -2.52. The molecule has 2 saturated carbocycles. The van der Waals surface area contributed by atoms with E-state index in [1.807, 2.05) is 0 Å². The molecule has 4 unspecified atom stereocenters. The van der Waals surface area contributed by atoms with Crippen molar-refractivity contribution in [1.29, 1.82) is 0 Å². The van der Waals surface area contributed by atoms with Crippen molar-refractivity contribution in [2.45, 2.75) is 59.8 Å². The van der Waals surface area contributed by atoms with Crippen LogP contribution in [0, 0.1) is 29.1 Å². The van der Waals surface area contributed by atoms with Crippen LogP contribution in [0.25, 0.3) is 0 Å². The molecule has 0 aliphatic heterocycles. The first kappa shape index (κ1) is 16.1. The van der Waals surface area contributed by atoms with Crippen molar-refractivity contribution < 1.29 is 14.4 Å². The van der Waals surface area contributed by atoms with Crippen molar-refractivity contribution in [2.75, 3.05) is 0 Å². The third kappa shape index (κ3) is 3.53. The topological polar surface area (TPSA) is 57.5 Å². The summed E-state index contributed by atoms with van der Waals surface area (Å²) in [6, 6.07) is 0. The minimum atomic E-state index is -2.87. The minimum Gasteiger partial charge on any atom is -0.134 e. The van der Waals surface area contributed by atoms with Crippen molar-refractivity contribution in [3.63, 3.8) is 0 Å². The quantitative estimate of drug-likeness (QED) is 0.759. The lowest BCUT2D eigenvalue weighted by Gasteiger charge is -2.60. The maximum absolute atomic E-state index is 8.70. The first-order chi connectivity index (χ1) is 8.30. The third-order valence-corrected chi connectivity index (χ3v) is 5.50. The van der Waals surface area contributed by atoms with Gasteiger partial charge < -0.3 is 0 Å². The fraction of sp³-hybridized carbons (Fsp3) is 1.00. The smallest absolute Gasteiger partial charge is 0.134 e. The fourth-order valence-corrected chi connectivity index (χ4v) is 3.75. The normalized spacial score (nSPS) is 31.1. The van der Waals surface area contributed by atoms with E-state index in [9.17, 15) is 0 Å². The van der Waals surface area contributed by atoms with Crippen LogP contribution in [-0.2, 0) is 4.57 Å². The molecule has 0 radical (unpaired) electrons. The Labute approximate surface area is 112 Å². The standard InChI is InChI=1S/C14H26.HO3P/c1-5-6-10(2)14(3,4)13-9-11-7-8-12(11)13;1-4(2)3/h10-13H,5-9H2,1-4H3;(H-,1,2,3)/p+1. The van der Waals surface area contributed by atoms with Gasteiger partial charge in [-0.1, -0.05) is 40.5 Å². The van der Waals surface area contributed by atoms with Gasteiger partial charge in [0, 0.05) is 4.57 Å². The summed E-state index contributed by atoms with van der Waals surface area (Å²) in [7, 11) is -2.87. The van der Waals surface area contributed by atoms with E-state index in [1.54, 1.807) is 12.8 Å². The Morgan fingerprint density at radius 3 is 2.17 bits per heavy atom. The number of hydrogen-bond acceptors (Lipinski definition) is 1. The van der Waals surface area contributed by atoms with Crippen molar-refractivity contribution >= 4 is 8.25 Å². The molecule has 2 N–H and O–H groups in total. The van der Waals surface area contributed by atoms with Crippen LogP contribution in [0.1, 0.15) is 59.8 Å². The SMILES string of the molecule is CCCC(C)C(C)(C)C1CC2CCC21.O=[P+](O)O. The lowest BCUT2D eigenvalue weighted by molar-refractivity contribution is -0.108. The molecule has 0 aromatic rings. The summed E-state index contributed by atoms with van der Waals surface area (Å²) in [6.45, 7) is 9.83. The Kier molecular flexibility index (Phi) is 5.76. The second kappa shape index (κ2) is 6.45. The zero-order valence-corrected chi connectivity index (χ0v) is 13.0. The maximum Gasteiger partial charge on any atom is 0.692 e. The number of hydrogen-bond donors (Lipinski definition) is 2. The monoisotopic (exact) mass is 275 g/mol. The summed E-state index contributed by atoms with van der Waals surface area (Å²) < 4.78 is 8.70. The number of fused-ring (bicyclic) bond motifs is 1. The van der Waals surface area contributed by atoms with Crippen LogP contribution in [-0.4, -0.2) is 9.79 Å². The lowest BCUT2D eigenvalue weighted by atomic mass is 9.45. The van der Waals surface area contributed by atoms with Gasteiger partial charge in [-0.15, -0.1) is 9.79 Å². The largest absolute Gasteiger partial charge is 0.692 e. The van der Waals surface area contributed by atoms with Gasteiger partial charge in [0.05, 0.1) is 0 Å². The Balaban J connectivity index is 0.000000357. The summed E-state index contributed by atoms with van der Waals surface area (Å²) in [4.78, 5) is 14.2. The molecule has 2 fully saturated rings. The Bertz CT molecular complexity index is 287. The van der Waals surface area contributed by atoms with E-state index in [0.717, 1.165) is 23.7 Å². The molecule has 0 heterocycles. The molecule has 0 saturated heterocycles. The predicted octanol–water partition coefficient (Wildman–Crippen LogP) is 4.12. The number of rotatable bonds is 4. The Hall–Kier alpha value is 0.0200. The second-order valence-electron chi connectivity index (χ2n) is 6.61. The summed E-state index contributed by atoms with van der Waals surface area (Å²) in [6.07, 6.45) is 7.40. The van der Waals surface area contributed by atoms with Crippen LogP contribution in [0.4, 0.5) is 0 Å². The van der Waals surface area contributed by atoms with Gasteiger partial charge in [-0.25, -0.2) is 0 Å². The van der Waals surface area contributed by atoms with Gasteiger partial charge in [0.15, 0.2) is 0 Å².